The van der Waals surface area contributed by atoms with E-state index < -0.39 is 0 Å². The molecule has 1 saturated carbocycles. The predicted octanol–water partition coefficient (Wildman–Crippen LogP) is 0.746. The highest BCUT2D eigenvalue weighted by Crippen LogP contribution is 2.23. The second-order valence-electron chi connectivity index (χ2n) is 3.69. The third-order valence-electron chi connectivity index (χ3n) is 2.10. The molecule has 0 saturated heterocycles. The molecule has 13 heavy (non-hydrogen) atoms. The molecule has 1 atom stereocenters. The topological polar surface area (TPSA) is 62.4 Å². The van der Waals surface area contributed by atoms with E-state index >= 15 is 0 Å². The van der Waals surface area contributed by atoms with E-state index in [0.717, 1.165) is 12.4 Å². The third kappa shape index (κ3) is 4.12. The van der Waals surface area contributed by atoms with Crippen molar-refractivity contribution >= 4 is 5.96 Å². The molecule has 0 aromatic rings. The highest BCUT2D eigenvalue weighted by atomic mass is 15.3. The smallest absolute Gasteiger partial charge is 0.206 e. The molecular formula is C9H20N4. The zero-order chi connectivity index (χ0) is 9.68. The van der Waals surface area contributed by atoms with Crippen molar-refractivity contribution in [2.24, 2.45) is 10.8 Å². The molecule has 1 aliphatic carbocycles. The SMILES string of the molecule is CCCC(C)NC(=NC1CC1)NN. The molecule has 4 heteroatoms. The molecule has 0 aliphatic heterocycles. The number of nitrogens with one attached hydrogen (secondary N) is 2. The lowest BCUT2D eigenvalue weighted by molar-refractivity contribution is 0.584. The zero-order valence-corrected chi connectivity index (χ0v) is 8.51. The summed E-state index contributed by atoms with van der Waals surface area (Å²) in [7, 11) is 0. The molecular weight excluding hydrogens is 164 g/mol. The summed E-state index contributed by atoms with van der Waals surface area (Å²) in [6.45, 7) is 4.31. The van der Waals surface area contributed by atoms with Crippen molar-refractivity contribution in [3.63, 3.8) is 0 Å². The van der Waals surface area contributed by atoms with E-state index in [2.05, 4.69) is 29.6 Å². The Bertz CT molecular complexity index is 174. The van der Waals surface area contributed by atoms with E-state index in [1.165, 1.54) is 19.3 Å². The summed E-state index contributed by atoms with van der Waals surface area (Å²) in [5, 5.41) is 3.25. The Morgan fingerprint density at radius 2 is 2.31 bits per heavy atom. The lowest BCUT2D eigenvalue weighted by atomic mass is 10.2. The molecule has 0 bridgehead atoms. The molecule has 0 aromatic heterocycles. The van der Waals surface area contributed by atoms with E-state index in [9.17, 15) is 0 Å². The highest BCUT2D eigenvalue weighted by molar-refractivity contribution is 5.79. The number of nitrogens with zero attached hydrogens (tertiary/aromatic N) is 1. The molecule has 0 amide bonds. The minimum Gasteiger partial charge on any atom is -0.353 e. The molecule has 76 valence electrons. The first-order chi connectivity index (χ1) is 6.26. The normalized spacial score (nSPS) is 19.8. The van der Waals surface area contributed by atoms with Crippen molar-refractivity contribution in [1.29, 1.82) is 0 Å². The number of hydrogen-bond acceptors (Lipinski definition) is 2. The van der Waals surface area contributed by atoms with Crippen LogP contribution in [0.2, 0.25) is 0 Å². The van der Waals surface area contributed by atoms with Gasteiger partial charge < -0.3 is 5.32 Å². The molecule has 0 heterocycles. The van der Waals surface area contributed by atoms with Gasteiger partial charge in [0.2, 0.25) is 5.96 Å². The average molecular weight is 184 g/mol. The number of aliphatic imine (C=N–C) groups is 1. The van der Waals surface area contributed by atoms with Gasteiger partial charge in [-0.3, -0.25) is 5.43 Å². The minimum absolute atomic E-state index is 0.443. The van der Waals surface area contributed by atoms with Crippen LogP contribution in [0.4, 0.5) is 0 Å². The lowest BCUT2D eigenvalue weighted by Crippen LogP contribution is -2.45. The number of guanidine groups is 1. The van der Waals surface area contributed by atoms with Gasteiger partial charge >= 0.3 is 0 Å². The number of rotatable bonds is 4. The van der Waals surface area contributed by atoms with E-state index in [1.807, 2.05) is 0 Å². The van der Waals surface area contributed by atoms with Gasteiger partial charge in [0.25, 0.3) is 0 Å². The van der Waals surface area contributed by atoms with Crippen molar-refractivity contribution in [3.05, 3.63) is 0 Å². The maximum Gasteiger partial charge on any atom is 0.206 e. The molecule has 1 aliphatic rings. The van der Waals surface area contributed by atoms with Gasteiger partial charge in [0.1, 0.15) is 0 Å². The Kier molecular flexibility index (Phi) is 4.02. The van der Waals surface area contributed by atoms with Gasteiger partial charge in [-0.2, -0.15) is 0 Å². The fourth-order valence-corrected chi connectivity index (χ4v) is 1.24. The monoisotopic (exact) mass is 184 g/mol. The average Bonchev–Trinajstić information content (AvgIpc) is 2.87. The largest absolute Gasteiger partial charge is 0.353 e. The van der Waals surface area contributed by atoms with Crippen LogP contribution in [0.1, 0.15) is 39.5 Å². The van der Waals surface area contributed by atoms with E-state index in [0.29, 0.717) is 12.1 Å². The molecule has 0 spiro atoms. The summed E-state index contributed by atoms with van der Waals surface area (Å²) in [5.41, 5.74) is 2.60. The van der Waals surface area contributed by atoms with Crippen LogP contribution < -0.4 is 16.6 Å². The molecule has 4 nitrogen and oxygen atoms in total. The van der Waals surface area contributed by atoms with Gasteiger partial charge in [0.15, 0.2) is 0 Å². The molecule has 1 unspecified atom stereocenters. The summed E-state index contributed by atoms with van der Waals surface area (Å²) < 4.78 is 0. The zero-order valence-electron chi connectivity index (χ0n) is 8.51. The molecule has 1 rings (SSSR count). The second kappa shape index (κ2) is 5.07. The fourth-order valence-electron chi connectivity index (χ4n) is 1.24. The highest BCUT2D eigenvalue weighted by Gasteiger charge is 2.21. The lowest BCUT2D eigenvalue weighted by Gasteiger charge is -2.15. The quantitative estimate of drug-likeness (QED) is 0.261. The van der Waals surface area contributed by atoms with Gasteiger partial charge in [0, 0.05) is 6.04 Å². The van der Waals surface area contributed by atoms with Crippen LogP contribution in [0.25, 0.3) is 0 Å². The van der Waals surface area contributed by atoms with Crippen LogP contribution in [-0.2, 0) is 0 Å². The predicted molar refractivity (Wildman–Crippen MR) is 55.3 cm³/mol. The second-order valence-corrected chi connectivity index (χ2v) is 3.69. The van der Waals surface area contributed by atoms with Crippen molar-refractivity contribution in [3.8, 4) is 0 Å². The number of nitrogens with two attached hydrogens (primary N) is 1. The van der Waals surface area contributed by atoms with Crippen LogP contribution in [0.15, 0.2) is 4.99 Å². The minimum atomic E-state index is 0.443. The molecule has 0 radical (unpaired) electrons. The van der Waals surface area contributed by atoms with Crippen LogP contribution in [0.5, 0.6) is 0 Å². The van der Waals surface area contributed by atoms with E-state index in [4.69, 9.17) is 5.84 Å². The number of hydrazine groups is 1. The van der Waals surface area contributed by atoms with Gasteiger partial charge in [0.05, 0.1) is 6.04 Å². The summed E-state index contributed by atoms with van der Waals surface area (Å²) in [6, 6.07) is 0.950. The Morgan fingerprint density at radius 3 is 2.77 bits per heavy atom. The van der Waals surface area contributed by atoms with Gasteiger partial charge in [-0.25, -0.2) is 10.8 Å². The Morgan fingerprint density at radius 1 is 1.62 bits per heavy atom. The van der Waals surface area contributed by atoms with Crippen LogP contribution >= 0.6 is 0 Å². The summed E-state index contributed by atoms with van der Waals surface area (Å²) in [5.74, 6) is 6.09. The summed E-state index contributed by atoms with van der Waals surface area (Å²) in [4.78, 5) is 4.40. The maximum atomic E-state index is 5.35. The van der Waals surface area contributed by atoms with E-state index in [1.54, 1.807) is 0 Å². The first-order valence-corrected chi connectivity index (χ1v) is 5.07. The van der Waals surface area contributed by atoms with Gasteiger partial charge in [-0.05, 0) is 26.2 Å². The van der Waals surface area contributed by atoms with Crippen molar-refractivity contribution in [2.75, 3.05) is 0 Å². The van der Waals surface area contributed by atoms with E-state index in [-0.39, 0.29) is 0 Å². The number of hydrogen-bond donors (Lipinski definition) is 3. The van der Waals surface area contributed by atoms with Crippen LogP contribution in [0.3, 0.4) is 0 Å². The van der Waals surface area contributed by atoms with Crippen molar-refractivity contribution < 1.29 is 0 Å². The Balaban J connectivity index is 2.29. The molecule has 4 N–H and O–H groups in total. The Labute approximate surface area is 80.0 Å². The fraction of sp³-hybridized carbons (Fsp3) is 0.889. The van der Waals surface area contributed by atoms with Crippen molar-refractivity contribution in [2.45, 2.75) is 51.6 Å². The first kappa shape index (κ1) is 10.3. The molecule has 0 aromatic carbocycles. The maximum absolute atomic E-state index is 5.35. The van der Waals surface area contributed by atoms with Gasteiger partial charge in [-0.1, -0.05) is 13.3 Å². The molecule has 1 fully saturated rings. The summed E-state index contributed by atoms with van der Waals surface area (Å²) in [6.07, 6.45) is 4.73. The standard InChI is InChI=1S/C9H20N4/c1-3-4-7(2)11-9(13-10)12-8-5-6-8/h7-8H,3-6,10H2,1-2H3,(H2,11,12,13). The third-order valence-corrected chi connectivity index (χ3v) is 2.10. The van der Waals surface area contributed by atoms with Gasteiger partial charge in [-0.15, -0.1) is 0 Å². The Hall–Kier alpha value is -0.770. The first-order valence-electron chi connectivity index (χ1n) is 5.07. The van der Waals surface area contributed by atoms with Crippen molar-refractivity contribution in [1.82, 2.24) is 10.7 Å². The van der Waals surface area contributed by atoms with Crippen LogP contribution in [-0.4, -0.2) is 18.0 Å². The van der Waals surface area contributed by atoms with Crippen LogP contribution in [0, 0.1) is 0 Å². The summed E-state index contributed by atoms with van der Waals surface area (Å²) >= 11 is 0.